The van der Waals surface area contributed by atoms with Crippen molar-refractivity contribution in [1.82, 2.24) is 4.90 Å². The number of likely N-dealkylation sites (tertiary alicyclic amines) is 1. The standard InChI is InChI=1S/C22H20N2O2/c1-24-20(25)14-18(21(24)16-9-3-2-4-10-16)22(26)23-19-13-7-11-15-8-5-6-12-17(15)19/h2-13,18,21H,14H2,1H3,(H,23,26). The van der Waals surface area contributed by atoms with E-state index in [-0.39, 0.29) is 24.3 Å². The minimum atomic E-state index is -0.408. The predicted octanol–water partition coefficient (Wildman–Crippen LogP) is 4.00. The number of hydrogen-bond donors (Lipinski definition) is 1. The molecule has 1 aliphatic heterocycles. The Bertz CT molecular complexity index is 963. The third-order valence-electron chi connectivity index (χ3n) is 5.11. The van der Waals surface area contributed by atoms with Crippen molar-refractivity contribution in [3.63, 3.8) is 0 Å². The van der Waals surface area contributed by atoms with Crippen LogP contribution >= 0.6 is 0 Å². The summed E-state index contributed by atoms with van der Waals surface area (Å²) in [5.41, 5.74) is 1.76. The maximum absolute atomic E-state index is 13.0. The van der Waals surface area contributed by atoms with E-state index >= 15 is 0 Å². The lowest BCUT2D eigenvalue weighted by atomic mass is 9.92. The Morgan fingerprint density at radius 2 is 1.65 bits per heavy atom. The largest absolute Gasteiger partial charge is 0.338 e. The van der Waals surface area contributed by atoms with Crippen molar-refractivity contribution in [2.45, 2.75) is 12.5 Å². The summed E-state index contributed by atoms with van der Waals surface area (Å²) in [5, 5.41) is 5.12. The molecule has 1 saturated heterocycles. The van der Waals surface area contributed by atoms with Gasteiger partial charge in [0.2, 0.25) is 11.8 Å². The molecule has 3 aromatic carbocycles. The van der Waals surface area contributed by atoms with Crippen LogP contribution in [0.15, 0.2) is 72.8 Å². The number of anilines is 1. The number of hydrogen-bond acceptors (Lipinski definition) is 2. The summed E-state index contributed by atoms with van der Waals surface area (Å²) in [4.78, 5) is 27.0. The van der Waals surface area contributed by atoms with Crippen LogP contribution in [0.5, 0.6) is 0 Å². The third-order valence-corrected chi connectivity index (χ3v) is 5.11. The van der Waals surface area contributed by atoms with Crippen molar-refractivity contribution in [3.05, 3.63) is 78.4 Å². The Kier molecular flexibility index (Phi) is 4.17. The molecule has 0 saturated carbocycles. The summed E-state index contributed by atoms with van der Waals surface area (Å²) in [7, 11) is 1.77. The van der Waals surface area contributed by atoms with Crippen LogP contribution in [0.4, 0.5) is 5.69 Å². The highest BCUT2D eigenvalue weighted by Gasteiger charge is 2.42. The molecule has 0 bridgehead atoms. The summed E-state index contributed by atoms with van der Waals surface area (Å²) >= 11 is 0. The summed E-state index contributed by atoms with van der Waals surface area (Å²) < 4.78 is 0. The number of nitrogens with one attached hydrogen (secondary N) is 1. The van der Waals surface area contributed by atoms with Gasteiger partial charge in [0, 0.05) is 24.5 Å². The molecule has 130 valence electrons. The second kappa shape index (κ2) is 6.64. The van der Waals surface area contributed by atoms with Crippen LogP contribution in [0, 0.1) is 5.92 Å². The van der Waals surface area contributed by atoms with Gasteiger partial charge in [0.1, 0.15) is 0 Å². The molecule has 26 heavy (non-hydrogen) atoms. The molecule has 1 heterocycles. The SMILES string of the molecule is CN1C(=O)CC(C(=O)Nc2cccc3ccccc23)C1c1ccccc1. The van der Waals surface area contributed by atoms with E-state index in [4.69, 9.17) is 0 Å². The lowest BCUT2D eigenvalue weighted by Gasteiger charge is -2.25. The number of rotatable bonds is 3. The first-order valence-corrected chi connectivity index (χ1v) is 8.74. The smallest absolute Gasteiger partial charge is 0.230 e. The van der Waals surface area contributed by atoms with Crippen molar-refractivity contribution >= 4 is 28.3 Å². The number of amides is 2. The minimum Gasteiger partial charge on any atom is -0.338 e. The van der Waals surface area contributed by atoms with E-state index in [1.54, 1.807) is 11.9 Å². The second-order valence-corrected chi connectivity index (χ2v) is 6.69. The van der Waals surface area contributed by atoms with E-state index < -0.39 is 5.92 Å². The second-order valence-electron chi connectivity index (χ2n) is 6.69. The average Bonchev–Trinajstić information content (AvgIpc) is 2.98. The summed E-state index contributed by atoms with van der Waals surface area (Å²) in [5.74, 6) is -0.529. The average molecular weight is 344 g/mol. The van der Waals surface area contributed by atoms with Crippen LogP contribution < -0.4 is 5.32 Å². The van der Waals surface area contributed by atoms with Crippen LogP contribution in [0.25, 0.3) is 10.8 Å². The summed E-state index contributed by atoms with van der Waals surface area (Å²) in [6.45, 7) is 0. The lowest BCUT2D eigenvalue weighted by Crippen LogP contribution is -2.30. The Labute approximate surface area is 152 Å². The molecule has 2 unspecified atom stereocenters. The Morgan fingerprint density at radius 1 is 0.962 bits per heavy atom. The van der Waals surface area contributed by atoms with E-state index in [1.165, 1.54) is 0 Å². The fourth-order valence-corrected chi connectivity index (χ4v) is 3.77. The number of carbonyl (C=O) groups is 2. The molecule has 0 radical (unpaired) electrons. The fourth-order valence-electron chi connectivity index (χ4n) is 3.77. The molecule has 4 nitrogen and oxygen atoms in total. The third kappa shape index (κ3) is 2.84. The molecule has 0 spiro atoms. The van der Waals surface area contributed by atoms with Crippen molar-refractivity contribution in [3.8, 4) is 0 Å². The molecule has 2 atom stereocenters. The maximum atomic E-state index is 13.0. The lowest BCUT2D eigenvalue weighted by molar-refractivity contribution is -0.127. The van der Waals surface area contributed by atoms with E-state index in [9.17, 15) is 9.59 Å². The number of carbonyl (C=O) groups excluding carboxylic acids is 2. The van der Waals surface area contributed by atoms with Crippen LogP contribution in [0.1, 0.15) is 18.0 Å². The Morgan fingerprint density at radius 3 is 2.46 bits per heavy atom. The van der Waals surface area contributed by atoms with E-state index in [0.717, 1.165) is 22.0 Å². The molecular weight excluding hydrogens is 324 g/mol. The molecule has 0 aliphatic carbocycles. The van der Waals surface area contributed by atoms with E-state index in [1.807, 2.05) is 72.8 Å². The molecule has 1 aliphatic rings. The van der Waals surface area contributed by atoms with Gasteiger partial charge in [-0.2, -0.15) is 0 Å². The monoisotopic (exact) mass is 344 g/mol. The Hall–Kier alpha value is -3.14. The van der Waals surface area contributed by atoms with Gasteiger partial charge in [-0.1, -0.05) is 66.7 Å². The van der Waals surface area contributed by atoms with Crippen molar-refractivity contribution < 1.29 is 9.59 Å². The van der Waals surface area contributed by atoms with Gasteiger partial charge in [-0.15, -0.1) is 0 Å². The van der Waals surface area contributed by atoms with Gasteiger partial charge in [0.15, 0.2) is 0 Å². The van der Waals surface area contributed by atoms with Gasteiger partial charge < -0.3 is 10.2 Å². The topological polar surface area (TPSA) is 49.4 Å². The zero-order valence-electron chi connectivity index (χ0n) is 14.6. The molecule has 2 amide bonds. The highest BCUT2D eigenvalue weighted by Crippen LogP contribution is 2.38. The van der Waals surface area contributed by atoms with Crippen LogP contribution in [-0.4, -0.2) is 23.8 Å². The number of fused-ring (bicyclic) bond motifs is 1. The molecule has 0 aromatic heterocycles. The summed E-state index contributed by atoms with van der Waals surface area (Å²) in [6, 6.07) is 23.3. The zero-order chi connectivity index (χ0) is 18.1. The molecule has 1 N–H and O–H groups in total. The quantitative estimate of drug-likeness (QED) is 0.781. The van der Waals surface area contributed by atoms with E-state index in [2.05, 4.69) is 5.32 Å². The van der Waals surface area contributed by atoms with Crippen LogP contribution in [-0.2, 0) is 9.59 Å². The highest BCUT2D eigenvalue weighted by molar-refractivity contribution is 6.04. The van der Waals surface area contributed by atoms with E-state index in [0.29, 0.717) is 0 Å². The molecule has 4 rings (SSSR count). The number of benzene rings is 3. The van der Waals surface area contributed by atoms with Gasteiger partial charge in [0.05, 0.1) is 12.0 Å². The molecule has 3 aromatic rings. The first kappa shape index (κ1) is 16.3. The van der Waals surface area contributed by atoms with Gasteiger partial charge in [-0.3, -0.25) is 9.59 Å². The van der Waals surface area contributed by atoms with Gasteiger partial charge >= 0.3 is 0 Å². The zero-order valence-corrected chi connectivity index (χ0v) is 14.6. The number of nitrogens with zero attached hydrogens (tertiary/aromatic N) is 1. The van der Waals surface area contributed by atoms with Gasteiger partial charge in [0.25, 0.3) is 0 Å². The normalized spacial score (nSPS) is 19.7. The maximum Gasteiger partial charge on any atom is 0.230 e. The van der Waals surface area contributed by atoms with Gasteiger partial charge in [-0.05, 0) is 17.0 Å². The van der Waals surface area contributed by atoms with Crippen molar-refractivity contribution in [2.24, 2.45) is 5.92 Å². The van der Waals surface area contributed by atoms with Gasteiger partial charge in [-0.25, -0.2) is 0 Å². The van der Waals surface area contributed by atoms with Crippen LogP contribution in [0.2, 0.25) is 0 Å². The Balaban J connectivity index is 1.65. The molecule has 4 heteroatoms. The first-order chi connectivity index (χ1) is 12.6. The first-order valence-electron chi connectivity index (χ1n) is 8.74. The fraction of sp³-hybridized carbons (Fsp3) is 0.182. The minimum absolute atomic E-state index is 0.00285. The van der Waals surface area contributed by atoms with Crippen LogP contribution in [0.3, 0.4) is 0 Å². The molecular formula is C22H20N2O2. The van der Waals surface area contributed by atoms with Crippen molar-refractivity contribution in [1.29, 1.82) is 0 Å². The predicted molar refractivity (Wildman–Crippen MR) is 103 cm³/mol. The molecule has 1 fully saturated rings. The summed E-state index contributed by atoms with van der Waals surface area (Å²) in [6.07, 6.45) is 0.229. The van der Waals surface area contributed by atoms with Crippen molar-refractivity contribution in [2.75, 3.05) is 12.4 Å². The highest BCUT2D eigenvalue weighted by atomic mass is 16.2.